The molecule has 0 aromatic heterocycles. The fraction of sp³-hybridized carbons (Fsp3) is 0.852. The number of carbonyl (C=O) groups excluding carboxylic acids is 2. The summed E-state index contributed by atoms with van der Waals surface area (Å²) in [5.41, 5.74) is 0.0457. The molecule has 1 spiro atoms. The Balaban J connectivity index is 1.29. The third-order valence-corrected chi connectivity index (χ3v) is 9.96. The van der Waals surface area contributed by atoms with Gasteiger partial charge in [0.25, 0.3) is 0 Å². The van der Waals surface area contributed by atoms with Gasteiger partial charge < -0.3 is 24.3 Å². The summed E-state index contributed by atoms with van der Waals surface area (Å²) in [6.07, 6.45) is 9.36. The van der Waals surface area contributed by atoms with Crippen LogP contribution in [0.25, 0.3) is 0 Å². The van der Waals surface area contributed by atoms with Crippen LogP contribution in [0.2, 0.25) is 0 Å². The Morgan fingerprint density at radius 1 is 1.03 bits per heavy atom. The normalized spacial score (nSPS) is 46.6. The maximum atomic E-state index is 13.7. The van der Waals surface area contributed by atoms with Crippen molar-refractivity contribution in [2.45, 2.75) is 108 Å². The zero-order valence-electron chi connectivity index (χ0n) is 21.4. The first-order valence-electron chi connectivity index (χ1n) is 13.0. The Labute approximate surface area is 203 Å². The number of rotatable bonds is 7. The number of hydrogen-bond donors (Lipinski definition) is 1. The van der Waals surface area contributed by atoms with Gasteiger partial charge in [-0.1, -0.05) is 11.6 Å². The van der Waals surface area contributed by atoms with E-state index in [1.165, 1.54) is 12.7 Å². The fourth-order valence-corrected chi connectivity index (χ4v) is 7.51. The van der Waals surface area contributed by atoms with Gasteiger partial charge in [0.15, 0.2) is 0 Å². The number of hydrogen-bond acceptors (Lipinski definition) is 6. The molecule has 2 aliphatic heterocycles. The Morgan fingerprint density at radius 3 is 2.18 bits per heavy atom. The molecule has 1 N–H and O–H groups in total. The molecule has 2 saturated heterocycles. The summed E-state index contributed by atoms with van der Waals surface area (Å²) >= 11 is 0. The SMILES string of the molecule is COC(=O)C12CCC(C(=O)N[C@@H]3CC[C@]4(CO4)[C@@H]([C@@]4(C)O[C@@H]4CC=C(C)C)[C@@H]3OC)(CC1)CC2. The molecule has 6 rings (SSSR count). The van der Waals surface area contributed by atoms with Gasteiger partial charge in [0.05, 0.1) is 43.0 Å². The van der Waals surface area contributed by atoms with Gasteiger partial charge in [0.2, 0.25) is 5.91 Å². The minimum atomic E-state index is -0.379. The van der Waals surface area contributed by atoms with Crippen LogP contribution in [0.4, 0.5) is 0 Å². The molecule has 0 aromatic rings. The van der Waals surface area contributed by atoms with Crippen LogP contribution in [0.3, 0.4) is 0 Å². The minimum absolute atomic E-state index is 0.0638. The molecule has 2 bridgehead atoms. The number of amides is 1. The molecular weight excluding hydrogens is 434 g/mol. The molecule has 6 atom stereocenters. The minimum Gasteiger partial charge on any atom is -0.469 e. The molecule has 190 valence electrons. The lowest BCUT2D eigenvalue weighted by molar-refractivity contribution is -0.167. The second-order valence-corrected chi connectivity index (χ2v) is 12.0. The molecule has 2 heterocycles. The first-order valence-corrected chi connectivity index (χ1v) is 13.0. The number of allylic oxidation sites excluding steroid dienone is 1. The van der Waals surface area contributed by atoms with E-state index in [4.69, 9.17) is 18.9 Å². The van der Waals surface area contributed by atoms with E-state index in [1.54, 1.807) is 7.11 Å². The van der Waals surface area contributed by atoms with Crippen molar-refractivity contribution in [1.82, 2.24) is 5.32 Å². The number of methoxy groups -OCH3 is 2. The predicted molar refractivity (Wildman–Crippen MR) is 126 cm³/mol. The molecule has 0 aromatic carbocycles. The van der Waals surface area contributed by atoms with Crippen LogP contribution >= 0.6 is 0 Å². The molecule has 6 fully saturated rings. The van der Waals surface area contributed by atoms with Crippen LogP contribution in [0.1, 0.15) is 78.6 Å². The number of nitrogens with one attached hydrogen (secondary N) is 1. The summed E-state index contributed by atoms with van der Waals surface area (Å²) in [5.74, 6) is 0.111. The van der Waals surface area contributed by atoms with E-state index in [-0.39, 0.29) is 58.1 Å². The molecule has 7 heteroatoms. The van der Waals surface area contributed by atoms with Gasteiger partial charge in [0, 0.05) is 18.4 Å². The molecule has 1 amide bonds. The quantitative estimate of drug-likeness (QED) is 0.343. The monoisotopic (exact) mass is 475 g/mol. The van der Waals surface area contributed by atoms with E-state index in [0.29, 0.717) is 0 Å². The van der Waals surface area contributed by atoms with Crippen LogP contribution < -0.4 is 5.32 Å². The standard InChI is InChI=1S/C27H41NO6/c1-17(2)6-7-19-24(3,34-19)21-20(31-4)18(8-9-27(21)16-33-27)28-22(29)25-10-13-26(14-11-25,15-12-25)23(30)32-5/h6,18-21H,7-16H2,1-5H3,(H,28,29)/t18-,19-,20-,21-,24+,25?,26?,27+/m1/s1. The van der Waals surface area contributed by atoms with Crippen molar-refractivity contribution in [3.63, 3.8) is 0 Å². The Kier molecular flexibility index (Phi) is 5.93. The van der Waals surface area contributed by atoms with Gasteiger partial charge in [-0.2, -0.15) is 0 Å². The summed E-state index contributed by atoms with van der Waals surface area (Å²) in [6, 6.07) is -0.0638. The molecule has 4 aliphatic carbocycles. The number of epoxide rings is 2. The van der Waals surface area contributed by atoms with E-state index >= 15 is 0 Å². The molecule has 34 heavy (non-hydrogen) atoms. The van der Waals surface area contributed by atoms with Crippen molar-refractivity contribution in [1.29, 1.82) is 0 Å². The van der Waals surface area contributed by atoms with Crippen LogP contribution in [-0.4, -0.2) is 62.2 Å². The number of esters is 1. The second kappa shape index (κ2) is 8.31. The highest BCUT2D eigenvalue weighted by Gasteiger charge is 2.72. The summed E-state index contributed by atoms with van der Waals surface area (Å²) in [7, 11) is 3.22. The number of fused-ring (bicyclic) bond motifs is 3. The number of carbonyl (C=O) groups is 2. The zero-order valence-corrected chi connectivity index (χ0v) is 21.4. The topological polar surface area (TPSA) is 89.7 Å². The molecule has 6 aliphatic rings. The molecular formula is C27H41NO6. The van der Waals surface area contributed by atoms with E-state index in [9.17, 15) is 9.59 Å². The largest absolute Gasteiger partial charge is 0.469 e. The maximum Gasteiger partial charge on any atom is 0.311 e. The third kappa shape index (κ3) is 3.73. The smallest absolute Gasteiger partial charge is 0.311 e. The number of ether oxygens (including phenoxy) is 4. The van der Waals surface area contributed by atoms with E-state index in [0.717, 1.165) is 64.4 Å². The Hall–Kier alpha value is -1.44. The van der Waals surface area contributed by atoms with Crippen LogP contribution in [0.5, 0.6) is 0 Å². The first kappa shape index (κ1) is 24.3. The Morgan fingerprint density at radius 2 is 1.65 bits per heavy atom. The highest BCUT2D eigenvalue weighted by Crippen LogP contribution is 2.60. The lowest BCUT2D eigenvalue weighted by Crippen LogP contribution is -2.62. The third-order valence-electron chi connectivity index (χ3n) is 9.96. The summed E-state index contributed by atoms with van der Waals surface area (Å²) in [4.78, 5) is 26.1. The van der Waals surface area contributed by atoms with E-state index in [2.05, 4.69) is 32.2 Å². The Bertz CT molecular complexity index is 850. The molecule has 4 saturated carbocycles. The van der Waals surface area contributed by atoms with Crippen molar-refractivity contribution in [2.75, 3.05) is 20.8 Å². The van der Waals surface area contributed by atoms with Crippen molar-refractivity contribution >= 4 is 11.9 Å². The van der Waals surface area contributed by atoms with Gasteiger partial charge in [-0.05, 0) is 78.6 Å². The van der Waals surface area contributed by atoms with Crippen LogP contribution in [0.15, 0.2) is 11.6 Å². The molecule has 7 nitrogen and oxygen atoms in total. The van der Waals surface area contributed by atoms with Crippen molar-refractivity contribution in [2.24, 2.45) is 16.7 Å². The van der Waals surface area contributed by atoms with E-state index in [1.807, 2.05) is 0 Å². The predicted octanol–water partition coefficient (Wildman–Crippen LogP) is 3.69. The zero-order chi connectivity index (χ0) is 24.4. The van der Waals surface area contributed by atoms with Crippen molar-refractivity contribution in [3.05, 3.63) is 11.6 Å². The lowest BCUT2D eigenvalue weighted by atomic mass is 9.53. The summed E-state index contributed by atoms with van der Waals surface area (Å²) < 4.78 is 23.5. The average Bonchev–Trinajstić information content (AvgIpc) is 3.76. The van der Waals surface area contributed by atoms with Gasteiger partial charge >= 0.3 is 5.97 Å². The highest BCUT2D eigenvalue weighted by atomic mass is 16.6. The van der Waals surface area contributed by atoms with Crippen LogP contribution in [0, 0.1) is 16.7 Å². The highest BCUT2D eigenvalue weighted by molar-refractivity contribution is 5.85. The average molecular weight is 476 g/mol. The van der Waals surface area contributed by atoms with Crippen LogP contribution in [-0.2, 0) is 28.5 Å². The molecule has 0 unspecified atom stereocenters. The summed E-state index contributed by atoms with van der Waals surface area (Å²) in [6.45, 7) is 7.15. The van der Waals surface area contributed by atoms with E-state index < -0.39 is 0 Å². The van der Waals surface area contributed by atoms with Crippen molar-refractivity contribution in [3.8, 4) is 0 Å². The lowest BCUT2D eigenvalue weighted by Gasteiger charge is -2.51. The molecule has 0 radical (unpaired) electrons. The maximum absolute atomic E-state index is 13.7. The second-order valence-electron chi connectivity index (χ2n) is 12.0. The fourth-order valence-electron chi connectivity index (χ4n) is 7.51. The van der Waals surface area contributed by atoms with Gasteiger partial charge in [0.1, 0.15) is 5.60 Å². The summed E-state index contributed by atoms with van der Waals surface area (Å²) in [5, 5.41) is 3.42. The van der Waals surface area contributed by atoms with Crippen molar-refractivity contribution < 1.29 is 28.5 Å². The van der Waals surface area contributed by atoms with Gasteiger partial charge in [-0.15, -0.1) is 0 Å². The van der Waals surface area contributed by atoms with Gasteiger partial charge in [-0.25, -0.2) is 0 Å². The van der Waals surface area contributed by atoms with Gasteiger partial charge in [-0.3, -0.25) is 9.59 Å². The first-order chi connectivity index (χ1) is 16.1.